The van der Waals surface area contributed by atoms with Crippen molar-refractivity contribution >= 4 is 5.96 Å². The molecule has 2 N–H and O–H groups in total. The standard InChI is InChI=1S/C22H38N6O/c1-23-22(24-15-18-17-26(2)13-14-27(18)3)25-16-20(28-11-7-8-12-28)19-9-5-6-10-21(19)29-4/h5-6,9-10,18,20H,7-8,11-17H2,1-4H3,(H2,23,24,25). The molecule has 3 rings (SSSR count). The Morgan fingerprint density at radius 3 is 2.62 bits per heavy atom. The minimum atomic E-state index is 0.274. The van der Waals surface area contributed by atoms with E-state index >= 15 is 0 Å². The highest BCUT2D eigenvalue weighted by Gasteiger charge is 2.26. The third-order valence-electron chi connectivity index (χ3n) is 6.25. The highest BCUT2D eigenvalue weighted by molar-refractivity contribution is 5.79. The molecule has 0 bridgehead atoms. The smallest absolute Gasteiger partial charge is 0.191 e. The van der Waals surface area contributed by atoms with Crippen molar-refractivity contribution in [1.29, 1.82) is 0 Å². The number of hydrogen-bond donors (Lipinski definition) is 2. The summed E-state index contributed by atoms with van der Waals surface area (Å²) in [4.78, 5) is 11.9. The Hall–Kier alpha value is -1.83. The van der Waals surface area contributed by atoms with E-state index < -0.39 is 0 Å². The second-order valence-corrected chi connectivity index (χ2v) is 8.23. The van der Waals surface area contributed by atoms with Gasteiger partial charge in [0.2, 0.25) is 0 Å². The van der Waals surface area contributed by atoms with E-state index in [1.165, 1.54) is 18.4 Å². The summed E-state index contributed by atoms with van der Waals surface area (Å²) in [5, 5.41) is 7.11. The van der Waals surface area contributed by atoms with Crippen LogP contribution in [0.2, 0.25) is 0 Å². The van der Waals surface area contributed by atoms with Crippen LogP contribution in [0.15, 0.2) is 29.3 Å². The van der Waals surface area contributed by atoms with Gasteiger partial charge in [-0.05, 0) is 46.1 Å². The largest absolute Gasteiger partial charge is 0.496 e. The maximum absolute atomic E-state index is 5.66. The van der Waals surface area contributed by atoms with Crippen molar-refractivity contribution in [1.82, 2.24) is 25.3 Å². The lowest BCUT2D eigenvalue weighted by Crippen LogP contribution is -2.55. The molecule has 162 valence electrons. The first kappa shape index (κ1) is 21.9. The van der Waals surface area contributed by atoms with Gasteiger partial charge in [0.05, 0.1) is 13.2 Å². The molecule has 0 aliphatic carbocycles. The normalized spacial score (nSPS) is 23.2. The van der Waals surface area contributed by atoms with Crippen molar-refractivity contribution in [3.05, 3.63) is 29.8 Å². The molecule has 0 amide bonds. The summed E-state index contributed by atoms with van der Waals surface area (Å²) in [7, 11) is 8.01. The topological polar surface area (TPSA) is 55.4 Å². The molecule has 2 aliphatic rings. The Kier molecular flexibility index (Phi) is 8.15. The van der Waals surface area contributed by atoms with Gasteiger partial charge in [-0.1, -0.05) is 18.2 Å². The van der Waals surface area contributed by atoms with E-state index in [1.54, 1.807) is 7.11 Å². The van der Waals surface area contributed by atoms with Gasteiger partial charge >= 0.3 is 0 Å². The third kappa shape index (κ3) is 5.84. The minimum Gasteiger partial charge on any atom is -0.496 e. The lowest BCUT2D eigenvalue weighted by molar-refractivity contribution is 0.116. The fraction of sp³-hybridized carbons (Fsp3) is 0.682. The van der Waals surface area contributed by atoms with Gasteiger partial charge in [0.25, 0.3) is 0 Å². The number of hydrogen-bond acceptors (Lipinski definition) is 5. The highest BCUT2D eigenvalue weighted by atomic mass is 16.5. The SMILES string of the molecule is CN=C(NCC1CN(C)CCN1C)NCC(c1ccccc1OC)N1CCCC1. The highest BCUT2D eigenvalue weighted by Crippen LogP contribution is 2.31. The maximum Gasteiger partial charge on any atom is 0.191 e. The molecule has 7 heteroatoms. The molecule has 2 fully saturated rings. The zero-order chi connectivity index (χ0) is 20.6. The molecule has 2 saturated heterocycles. The summed E-state index contributed by atoms with van der Waals surface area (Å²) < 4.78 is 5.66. The van der Waals surface area contributed by atoms with Crippen LogP contribution in [0.25, 0.3) is 0 Å². The molecule has 7 nitrogen and oxygen atoms in total. The van der Waals surface area contributed by atoms with Crippen LogP contribution in [0.1, 0.15) is 24.4 Å². The third-order valence-corrected chi connectivity index (χ3v) is 6.25. The molecule has 1 aromatic rings. The Morgan fingerprint density at radius 2 is 1.90 bits per heavy atom. The molecule has 0 spiro atoms. The minimum absolute atomic E-state index is 0.274. The Bertz CT molecular complexity index is 660. The summed E-state index contributed by atoms with van der Waals surface area (Å²) in [5.41, 5.74) is 1.24. The molecule has 29 heavy (non-hydrogen) atoms. The second-order valence-electron chi connectivity index (χ2n) is 8.23. The first-order chi connectivity index (χ1) is 14.1. The molecular formula is C22H38N6O. The van der Waals surface area contributed by atoms with E-state index in [9.17, 15) is 0 Å². The van der Waals surface area contributed by atoms with E-state index in [0.717, 1.165) is 57.5 Å². The van der Waals surface area contributed by atoms with Crippen LogP contribution in [-0.4, -0.2) is 101 Å². The predicted molar refractivity (Wildman–Crippen MR) is 120 cm³/mol. The van der Waals surface area contributed by atoms with Crippen LogP contribution >= 0.6 is 0 Å². The average Bonchev–Trinajstić information content (AvgIpc) is 3.27. The summed E-state index contributed by atoms with van der Waals surface area (Å²) in [6, 6.07) is 9.15. The summed E-state index contributed by atoms with van der Waals surface area (Å²) in [6.07, 6.45) is 2.53. The number of guanidine groups is 1. The number of piperazine rings is 1. The molecule has 0 saturated carbocycles. The predicted octanol–water partition coefficient (Wildman–Crippen LogP) is 1.24. The average molecular weight is 403 g/mol. The van der Waals surface area contributed by atoms with Crippen molar-refractivity contribution in [2.24, 2.45) is 4.99 Å². The fourth-order valence-corrected chi connectivity index (χ4v) is 4.38. The van der Waals surface area contributed by atoms with Crippen molar-refractivity contribution in [2.75, 3.05) is 74.1 Å². The van der Waals surface area contributed by atoms with E-state index in [2.05, 4.69) is 62.6 Å². The molecule has 1 aromatic carbocycles. The number of ether oxygens (including phenoxy) is 1. The van der Waals surface area contributed by atoms with E-state index in [4.69, 9.17) is 4.74 Å². The van der Waals surface area contributed by atoms with E-state index in [1.807, 2.05) is 13.1 Å². The zero-order valence-corrected chi connectivity index (χ0v) is 18.5. The van der Waals surface area contributed by atoms with Gasteiger partial charge in [0.1, 0.15) is 5.75 Å². The Labute approximate surface area is 176 Å². The summed E-state index contributed by atoms with van der Waals surface area (Å²) in [6.45, 7) is 7.30. The first-order valence-corrected chi connectivity index (χ1v) is 10.8. The first-order valence-electron chi connectivity index (χ1n) is 10.8. The molecule has 2 aliphatic heterocycles. The molecule has 2 unspecified atom stereocenters. The Balaban J connectivity index is 1.61. The number of para-hydroxylation sites is 1. The molecule has 2 atom stereocenters. The molecule has 2 heterocycles. The lowest BCUT2D eigenvalue weighted by Gasteiger charge is -2.38. The van der Waals surface area contributed by atoms with Crippen LogP contribution in [0, 0.1) is 0 Å². The molecular weight excluding hydrogens is 364 g/mol. The van der Waals surface area contributed by atoms with Crippen LogP contribution in [0.3, 0.4) is 0 Å². The van der Waals surface area contributed by atoms with E-state index in [0.29, 0.717) is 6.04 Å². The fourth-order valence-electron chi connectivity index (χ4n) is 4.38. The number of nitrogens with one attached hydrogen (secondary N) is 2. The van der Waals surface area contributed by atoms with Gasteiger partial charge < -0.3 is 20.3 Å². The van der Waals surface area contributed by atoms with Crippen molar-refractivity contribution in [2.45, 2.75) is 24.9 Å². The second kappa shape index (κ2) is 10.8. The number of methoxy groups -OCH3 is 1. The van der Waals surface area contributed by atoms with Crippen LogP contribution in [-0.2, 0) is 0 Å². The number of benzene rings is 1. The van der Waals surface area contributed by atoms with Crippen molar-refractivity contribution < 1.29 is 4.74 Å². The van der Waals surface area contributed by atoms with Crippen molar-refractivity contribution in [3.8, 4) is 5.75 Å². The summed E-state index contributed by atoms with van der Waals surface area (Å²) in [5.74, 6) is 1.83. The number of likely N-dealkylation sites (tertiary alicyclic amines) is 1. The van der Waals surface area contributed by atoms with Gasteiger partial charge in [-0.25, -0.2) is 0 Å². The van der Waals surface area contributed by atoms with Gasteiger partial charge in [0.15, 0.2) is 5.96 Å². The van der Waals surface area contributed by atoms with E-state index in [-0.39, 0.29) is 6.04 Å². The van der Waals surface area contributed by atoms with Gasteiger partial charge in [-0.2, -0.15) is 0 Å². The van der Waals surface area contributed by atoms with Gasteiger partial charge in [0, 0.05) is 51.4 Å². The van der Waals surface area contributed by atoms with Crippen LogP contribution < -0.4 is 15.4 Å². The lowest BCUT2D eigenvalue weighted by atomic mass is 10.0. The number of nitrogens with zero attached hydrogens (tertiary/aromatic N) is 4. The summed E-state index contributed by atoms with van der Waals surface area (Å²) >= 11 is 0. The molecule has 0 radical (unpaired) electrons. The molecule has 0 aromatic heterocycles. The van der Waals surface area contributed by atoms with Crippen LogP contribution in [0.5, 0.6) is 5.75 Å². The number of rotatable bonds is 7. The monoisotopic (exact) mass is 402 g/mol. The van der Waals surface area contributed by atoms with Crippen molar-refractivity contribution in [3.63, 3.8) is 0 Å². The zero-order valence-electron chi connectivity index (χ0n) is 18.5. The quantitative estimate of drug-likeness (QED) is 0.529. The van der Waals surface area contributed by atoms with Crippen LogP contribution in [0.4, 0.5) is 0 Å². The van der Waals surface area contributed by atoms with Gasteiger partial charge in [-0.15, -0.1) is 0 Å². The number of likely N-dealkylation sites (N-methyl/N-ethyl adjacent to an activating group) is 2. The number of aliphatic imine (C=N–C) groups is 1. The van der Waals surface area contributed by atoms with Gasteiger partial charge in [-0.3, -0.25) is 14.8 Å². The Morgan fingerprint density at radius 1 is 1.14 bits per heavy atom. The maximum atomic E-state index is 5.66.